The number of nitrogens with one attached hydrogen (secondary N) is 2. The maximum absolute atomic E-state index is 12.2. The lowest BCUT2D eigenvalue weighted by Crippen LogP contribution is -2.30. The summed E-state index contributed by atoms with van der Waals surface area (Å²) < 4.78 is 0. The molecular weight excluding hydrogens is 322 g/mol. The molecule has 2 aromatic carbocycles. The fourth-order valence-corrected chi connectivity index (χ4v) is 3.08. The second-order valence-corrected chi connectivity index (χ2v) is 7.11. The second kappa shape index (κ2) is 7.16. The van der Waals surface area contributed by atoms with E-state index >= 15 is 0 Å². The van der Waals surface area contributed by atoms with Crippen molar-refractivity contribution in [3.63, 3.8) is 0 Å². The third-order valence-electron chi connectivity index (χ3n) is 4.49. The highest BCUT2D eigenvalue weighted by Crippen LogP contribution is 2.29. The largest absolute Gasteiger partial charge is 0.350 e. The zero-order valence-electron chi connectivity index (χ0n) is 16.0. The maximum atomic E-state index is 12.2. The molecule has 0 spiro atoms. The van der Waals surface area contributed by atoms with E-state index in [1.54, 1.807) is 6.33 Å². The van der Waals surface area contributed by atoms with Crippen LogP contribution in [0.15, 0.2) is 42.2 Å². The van der Waals surface area contributed by atoms with Crippen molar-refractivity contribution in [2.75, 3.05) is 0 Å². The Hall–Kier alpha value is -2.88. The average Bonchev–Trinajstić information content (AvgIpc) is 3.04. The first-order valence-electron chi connectivity index (χ1n) is 8.89. The average molecular weight is 347 g/mol. The Kier molecular flexibility index (Phi) is 4.94. The zero-order chi connectivity index (χ0) is 18.8. The molecule has 0 atom stereocenters. The number of benzene rings is 2. The zero-order valence-corrected chi connectivity index (χ0v) is 16.0. The molecule has 4 nitrogen and oxygen atoms in total. The van der Waals surface area contributed by atoms with E-state index < -0.39 is 0 Å². The molecule has 0 bridgehead atoms. The highest BCUT2D eigenvalue weighted by atomic mass is 16.1. The summed E-state index contributed by atoms with van der Waals surface area (Å²) in [6, 6.07) is 10.7. The molecular formula is C22H25N3O. The molecule has 0 unspecified atom stereocenters. The van der Waals surface area contributed by atoms with Crippen molar-refractivity contribution in [1.29, 1.82) is 0 Å². The van der Waals surface area contributed by atoms with Crippen LogP contribution < -0.4 is 5.32 Å². The van der Waals surface area contributed by atoms with Crippen molar-refractivity contribution in [3.05, 3.63) is 58.9 Å². The van der Waals surface area contributed by atoms with Gasteiger partial charge in [-0.2, -0.15) is 0 Å². The van der Waals surface area contributed by atoms with Gasteiger partial charge in [0.15, 0.2) is 0 Å². The molecule has 0 aliphatic carbocycles. The van der Waals surface area contributed by atoms with Gasteiger partial charge in [-0.05, 0) is 80.6 Å². The predicted octanol–water partition coefficient (Wildman–Crippen LogP) is 4.77. The number of aromatic amines is 1. The van der Waals surface area contributed by atoms with Gasteiger partial charge in [0.2, 0.25) is 5.91 Å². The van der Waals surface area contributed by atoms with Gasteiger partial charge in [0, 0.05) is 11.6 Å². The van der Waals surface area contributed by atoms with Crippen LogP contribution in [0.25, 0.3) is 28.2 Å². The number of aryl methyl sites for hydroxylation is 2. The summed E-state index contributed by atoms with van der Waals surface area (Å²) in [6.07, 6.45) is 3.67. The van der Waals surface area contributed by atoms with E-state index in [4.69, 9.17) is 0 Å². The third kappa shape index (κ3) is 3.69. The lowest BCUT2D eigenvalue weighted by molar-refractivity contribution is -0.117. The van der Waals surface area contributed by atoms with Gasteiger partial charge in [-0.3, -0.25) is 4.79 Å². The van der Waals surface area contributed by atoms with E-state index in [1.165, 1.54) is 11.1 Å². The van der Waals surface area contributed by atoms with Crippen LogP contribution in [0, 0.1) is 13.8 Å². The number of amides is 1. The summed E-state index contributed by atoms with van der Waals surface area (Å²) in [5.74, 6) is -0.0224. The van der Waals surface area contributed by atoms with E-state index in [9.17, 15) is 4.79 Å². The Morgan fingerprint density at radius 3 is 2.65 bits per heavy atom. The standard InChI is InChI=1S/C22H25N3O/c1-13(2)25-22(26)16(5)9-18-8-15(4)19(10-14(18)3)17-6-7-20-21(11-17)24-12-23-20/h6-13H,1-5H3,(H,23,24)(H,25,26). The van der Waals surface area contributed by atoms with Crippen LogP contribution in [-0.4, -0.2) is 21.9 Å². The SMILES string of the molecule is CC(=Cc1cc(C)c(-c2ccc3nc[nH]c3c2)cc1C)C(=O)NC(C)C. The number of carbonyl (C=O) groups excluding carboxylic acids is 1. The van der Waals surface area contributed by atoms with Crippen LogP contribution in [0.1, 0.15) is 37.5 Å². The van der Waals surface area contributed by atoms with Crippen LogP contribution in [0.3, 0.4) is 0 Å². The minimum atomic E-state index is -0.0224. The number of rotatable bonds is 4. The molecule has 26 heavy (non-hydrogen) atoms. The molecule has 1 heterocycles. The van der Waals surface area contributed by atoms with Crippen LogP contribution in [-0.2, 0) is 4.79 Å². The van der Waals surface area contributed by atoms with Crippen LogP contribution in [0.5, 0.6) is 0 Å². The van der Waals surface area contributed by atoms with Crippen molar-refractivity contribution < 1.29 is 4.79 Å². The molecule has 134 valence electrons. The lowest BCUT2D eigenvalue weighted by Gasteiger charge is -2.12. The molecule has 0 fully saturated rings. The monoisotopic (exact) mass is 347 g/mol. The summed E-state index contributed by atoms with van der Waals surface area (Å²) in [5.41, 5.74) is 8.47. The molecule has 4 heteroatoms. The first-order chi connectivity index (χ1) is 12.3. The Labute approximate surface area is 154 Å². The second-order valence-electron chi connectivity index (χ2n) is 7.11. The highest BCUT2D eigenvalue weighted by Gasteiger charge is 2.10. The van der Waals surface area contributed by atoms with Gasteiger partial charge < -0.3 is 10.3 Å². The molecule has 1 aromatic heterocycles. The van der Waals surface area contributed by atoms with Crippen molar-refractivity contribution >= 4 is 23.0 Å². The molecule has 3 rings (SSSR count). The number of imidazole rings is 1. The summed E-state index contributed by atoms with van der Waals surface area (Å²) >= 11 is 0. The van der Waals surface area contributed by atoms with E-state index in [-0.39, 0.29) is 11.9 Å². The topological polar surface area (TPSA) is 57.8 Å². The van der Waals surface area contributed by atoms with Gasteiger partial charge in [-0.1, -0.05) is 18.2 Å². The normalized spacial score (nSPS) is 12.0. The summed E-state index contributed by atoms with van der Waals surface area (Å²) in [4.78, 5) is 19.6. The Balaban J connectivity index is 1.96. The first-order valence-corrected chi connectivity index (χ1v) is 8.89. The van der Waals surface area contributed by atoms with E-state index in [0.717, 1.165) is 27.7 Å². The number of carbonyl (C=O) groups is 1. The molecule has 0 aliphatic rings. The smallest absolute Gasteiger partial charge is 0.247 e. The van der Waals surface area contributed by atoms with E-state index in [1.807, 2.05) is 32.9 Å². The molecule has 0 aliphatic heterocycles. The van der Waals surface area contributed by atoms with E-state index in [2.05, 4.69) is 53.4 Å². The summed E-state index contributed by atoms with van der Waals surface area (Å²) in [5, 5.41) is 2.93. The highest BCUT2D eigenvalue weighted by molar-refractivity contribution is 5.97. The Morgan fingerprint density at radius 1 is 1.15 bits per heavy atom. The minimum absolute atomic E-state index is 0.0224. The fourth-order valence-electron chi connectivity index (χ4n) is 3.08. The van der Waals surface area contributed by atoms with Gasteiger partial charge in [-0.15, -0.1) is 0 Å². The predicted molar refractivity (Wildman–Crippen MR) is 108 cm³/mol. The van der Waals surface area contributed by atoms with Crippen molar-refractivity contribution in [1.82, 2.24) is 15.3 Å². The number of hydrogen-bond donors (Lipinski definition) is 2. The summed E-state index contributed by atoms with van der Waals surface area (Å²) in [7, 11) is 0. The van der Waals surface area contributed by atoms with Crippen molar-refractivity contribution in [2.24, 2.45) is 0 Å². The van der Waals surface area contributed by atoms with Crippen molar-refractivity contribution in [3.8, 4) is 11.1 Å². The van der Waals surface area contributed by atoms with E-state index in [0.29, 0.717) is 5.57 Å². The van der Waals surface area contributed by atoms with Gasteiger partial charge in [0.05, 0.1) is 17.4 Å². The van der Waals surface area contributed by atoms with Gasteiger partial charge in [0.25, 0.3) is 0 Å². The van der Waals surface area contributed by atoms with Gasteiger partial charge in [0.1, 0.15) is 0 Å². The number of nitrogens with zero attached hydrogens (tertiary/aromatic N) is 1. The molecule has 0 saturated carbocycles. The lowest BCUT2D eigenvalue weighted by atomic mass is 9.94. The Bertz CT molecular complexity index is 996. The van der Waals surface area contributed by atoms with Crippen molar-refractivity contribution in [2.45, 2.75) is 40.7 Å². The molecule has 3 aromatic rings. The molecule has 0 radical (unpaired) electrons. The summed E-state index contributed by atoms with van der Waals surface area (Å²) in [6.45, 7) is 9.97. The number of hydrogen-bond acceptors (Lipinski definition) is 2. The Morgan fingerprint density at radius 2 is 1.92 bits per heavy atom. The van der Waals surface area contributed by atoms with Crippen LogP contribution >= 0.6 is 0 Å². The number of fused-ring (bicyclic) bond motifs is 1. The molecule has 1 amide bonds. The van der Waals surface area contributed by atoms with Crippen LogP contribution in [0.2, 0.25) is 0 Å². The van der Waals surface area contributed by atoms with Gasteiger partial charge in [-0.25, -0.2) is 4.98 Å². The van der Waals surface area contributed by atoms with Gasteiger partial charge >= 0.3 is 0 Å². The maximum Gasteiger partial charge on any atom is 0.247 e. The molecule has 2 N–H and O–H groups in total. The molecule has 0 saturated heterocycles. The quantitative estimate of drug-likeness (QED) is 0.668. The first kappa shape index (κ1) is 17.9. The number of H-pyrrole nitrogens is 1. The third-order valence-corrected chi connectivity index (χ3v) is 4.49. The number of aromatic nitrogens is 2. The fraction of sp³-hybridized carbons (Fsp3) is 0.273. The minimum Gasteiger partial charge on any atom is -0.350 e. The van der Waals surface area contributed by atoms with Crippen LogP contribution in [0.4, 0.5) is 0 Å².